The number of fused-ring (bicyclic) bond motifs is 1. The minimum atomic E-state index is -0.537. The summed E-state index contributed by atoms with van der Waals surface area (Å²) in [6, 6.07) is 6.90. The van der Waals surface area contributed by atoms with Crippen LogP contribution in [0.4, 0.5) is 0 Å². The van der Waals surface area contributed by atoms with Crippen molar-refractivity contribution in [3.8, 4) is 0 Å². The Labute approximate surface area is 215 Å². The van der Waals surface area contributed by atoms with Gasteiger partial charge in [0.2, 0.25) is 5.91 Å². The second-order valence-electron chi connectivity index (χ2n) is 8.85. The molecule has 1 aromatic rings. The number of hydrogen-bond acceptors (Lipinski definition) is 8. The second-order valence-corrected chi connectivity index (χ2v) is 10.1. The molecule has 188 valence electrons. The van der Waals surface area contributed by atoms with E-state index in [0.717, 1.165) is 44.1 Å². The molecule has 0 spiro atoms. The first-order valence-electron chi connectivity index (χ1n) is 11.8. The third kappa shape index (κ3) is 6.09. The molecule has 1 amide bonds. The highest BCUT2D eigenvalue weighted by Gasteiger charge is 2.42. The fourth-order valence-corrected chi connectivity index (χ4v) is 5.51. The van der Waals surface area contributed by atoms with E-state index in [1.807, 2.05) is 49.3 Å². The summed E-state index contributed by atoms with van der Waals surface area (Å²) in [6.07, 6.45) is -0.109. The number of rotatable bonds is 8. The Kier molecular flexibility index (Phi) is 8.54. The van der Waals surface area contributed by atoms with Crippen molar-refractivity contribution in [2.24, 2.45) is 4.99 Å². The average molecular weight is 519 g/mol. The van der Waals surface area contributed by atoms with E-state index in [-0.39, 0.29) is 18.4 Å². The van der Waals surface area contributed by atoms with E-state index in [2.05, 4.69) is 15.2 Å². The minimum absolute atomic E-state index is 0.0816. The number of nitrogens with zero attached hydrogens (tertiary/aromatic N) is 3. The Balaban J connectivity index is 1.54. The molecule has 0 aliphatic carbocycles. The molecule has 0 radical (unpaired) electrons. The normalized spacial score (nSPS) is 20.5. The van der Waals surface area contributed by atoms with Gasteiger partial charge in [0, 0.05) is 36.9 Å². The number of morpholine rings is 1. The number of carbonyl (C=O) groups is 2. The van der Waals surface area contributed by atoms with Gasteiger partial charge in [-0.25, -0.2) is 9.79 Å². The molecule has 1 N–H and O–H groups in total. The van der Waals surface area contributed by atoms with Crippen LogP contribution in [-0.2, 0) is 19.1 Å². The molecule has 4 rings (SSSR count). The number of amides is 1. The Morgan fingerprint density at radius 2 is 2.03 bits per heavy atom. The van der Waals surface area contributed by atoms with Gasteiger partial charge in [0.05, 0.1) is 43.1 Å². The predicted octanol–water partition coefficient (Wildman–Crippen LogP) is 3.71. The van der Waals surface area contributed by atoms with Gasteiger partial charge in [-0.3, -0.25) is 9.69 Å². The van der Waals surface area contributed by atoms with Crippen LogP contribution in [0.1, 0.15) is 38.8 Å². The zero-order valence-corrected chi connectivity index (χ0v) is 21.8. The lowest BCUT2D eigenvalue weighted by Gasteiger charge is -2.36. The number of amidine groups is 1. The molecular formula is C25H31ClN4O4S. The van der Waals surface area contributed by atoms with Crippen molar-refractivity contribution in [1.82, 2.24) is 15.1 Å². The van der Waals surface area contributed by atoms with E-state index in [0.29, 0.717) is 28.0 Å². The van der Waals surface area contributed by atoms with Crippen LogP contribution in [0.25, 0.3) is 0 Å². The summed E-state index contributed by atoms with van der Waals surface area (Å²) in [5.74, 6) is -0.515. The van der Waals surface area contributed by atoms with Gasteiger partial charge in [-0.15, -0.1) is 0 Å². The number of aliphatic imine (C=N–C) groups is 1. The number of carbonyl (C=O) groups excluding carboxylic acids is 2. The van der Waals surface area contributed by atoms with Crippen molar-refractivity contribution >= 4 is 40.4 Å². The van der Waals surface area contributed by atoms with Crippen LogP contribution >= 0.6 is 23.4 Å². The van der Waals surface area contributed by atoms with E-state index < -0.39 is 12.0 Å². The molecule has 1 saturated heterocycles. The zero-order valence-electron chi connectivity index (χ0n) is 20.3. The van der Waals surface area contributed by atoms with E-state index in [4.69, 9.17) is 21.1 Å². The zero-order chi connectivity index (χ0) is 24.9. The SMILES string of the molecule is CC1=C(C(=O)OC(C)C)C(c2ccccc2Cl)N2C(CC(=O)NCCN3CCOCC3)=CSC2=N1. The van der Waals surface area contributed by atoms with Crippen LogP contribution in [0.3, 0.4) is 0 Å². The molecular weight excluding hydrogens is 488 g/mol. The number of thioether (sulfide) groups is 1. The molecule has 3 heterocycles. The molecule has 1 atom stereocenters. The van der Waals surface area contributed by atoms with Crippen LogP contribution in [0.5, 0.6) is 0 Å². The molecule has 0 aromatic heterocycles. The first kappa shape index (κ1) is 25.8. The first-order chi connectivity index (χ1) is 16.8. The van der Waals surface area contributed by atoms with Crippen molar-refractivity contribution in [2.75, 3.05) is 39.4 Å². The number of esters is 1. The summed E-state index contributed by atoms with van der Waals surface area (Å²) in [4.78, 5) is 34.9. The molecule has 1 aromatic carbocycles. The topological polar surface area (TPSA) is 83.5 Å². The highest BCUT2D eigenvalue weighted by Crippen LogP contribution is 2.46. The van der Waals surface area contributed by atoms with Crippen molar-refractivity contribution in [3.63, 3.8) is 0 Å². The number of hydrogen-bond donors (Lipinski definition) is 1. The maximum atomic E-state index is 13.2. The number of allylic oxidation sites excluding steroid dienone is 1. The van der Waals surface area contributed by atoms with Gasteiger partial charge in [0.15, 0.2) is 5.17 Å². The number of nitrogens with one attached hydrogen (secondary N) is 1. The van der Waals surface area contributed by atoms with Gasteiger partial charge >= 0.3 is 5.97 Å². The molecule has 3 aliphatic heterocycles. The van der Waals surface area contributed by atoms with Crippen molar-refractivity contribution < 1.29 is 19.1 Å². The average Bonchev–Trinajstić information content (AvgIpc) is 3.20. The van der Waals surface area contributed by atoms with E-state index in [1.54, 1.807) is 6.07 Å². The maximum absolute atomic E-state index is 13.2. The number of halogens is 1. The van der Waals surface area contributed by atoms with Gasteiger partial charge in [0.25, 0.3) is 0 Å². The summed E-state index contributed by atoms with van der Waals surface area (Å²) in [6.45, 7) is 10.0. The van der Waals surface area contributed by atoms with Crippen LogP contribution in [0.2, 0.25) is 5.02 Å². The molecule has 3 aliphatic rings. The Morgan fingerprint density at radius 1 is 1.29 bits per heavy atom. The van der Waals surface area contributed by atoms with Crippen LogP contribution in [0.15, 0.2) is 51.6 Å². The molecule has 10 heteroatoms. The maximum Gasteiger partial charge on any atom is 0.338 e. The lowest BCUT2D eigenvalue weighted by Crippen LogP contribution is -2.42. The molecule has 1 fully saturated rings. The molecule has 0 saturated carbocycles. The Bertz CT molecular complexity index is 1070. The van der Waals surface area contributed by atoms with Crippen LogP contribution in [0, 0.1) is 0 Å². The second kappa shape index (κ2) is 11.6. The lowest BCUT2D eigenvalue weighted by molar-refractivity contribution is -0.143. The van der Waals surface area contributed by atoms with Gasteiger partial charge in [-0.1, -0.05) is 41.6 Å². The van der Waals surface area contributed by atoms with Crippen molar-refractivity contribution in [1.29, 1.82) is 0 Å². The third-order valence-corrected chi connectivity index (χ3v) is 7.19. The fourth-order valence-electron chi connectivity index (χ4n) is 4.30. The van der Waals surface area contributed by atoms with Crippen molar-refractivity contribution in [3.05, 3.63) is 57.2 Å². The predicted molar refractivity (Wildman–Crippen MR) is 138 cm³/mol. The highest BCUT2D eigenvalue weighted by molar-refractivity contribution is 8.16. The van der Waals surface area contributed by atoms with E-state index in [9.17, 15) is 9.59 Å². The van der Waals surface area contributed by atoms with Gasteiger partial charge < -0.3 is 19.7 Å². The minimum Gasteiger partial charge on any atom is -0.459 e. The summed E-state index contributed by atoms with van der Waals surface area (Å²) in [7, 11) is 0. The van der Waals surface area contributed by atoms with Crippen LogP contribution in [-0.4, -0.2) is 72.3 Å². The van der Waals surface area contributed by atoms with Gasteiger partial charge in [-0.2, -0.15) is 0 Å². The van der Waals surface area contributed by atoms with Gasteiger partial charge in [0.1, 0.15) is 0 Å². The quantitative estimate of drug-likeness (QED) is 0.525. The van der Waals surface area contributed by atoms with Gasteiger partial charge in [-0.05, 0) is 37.8 Å². The summed E-state index contributed by atoms with van der Waals surface area (Å²) >= 11 is 8.05. The number of benzene rings is 1. The van der Waals surface area contributed by atoms with E-state index >= 15 is 0 Å². The van der Waals surface area contributed by atoms with Crippen molar-refractivity contribution in [2.45, 2.75) is 39.3 Å². The highest BCUT2D eigenvalue weighted by atomic mass is 35.5. The molecule has 35 heavy (non-hydrogen) atoms. The fraction of sp³-hybridized carbons (Fsp3) is 0.480. The summed E-state index contributed by atoms with van der Waals surface area (Å²) < 4.78 is 10.9. The summed E-state index contributed by atoms with van der Waals surface area (Å²) in [5, 5.41) is 6.19. The standard InChI is InChI=1S/C25H31ClN4O4S/c1-16(2)34-24(32)22-17(3)28-25-30(23(22)19-6-4-5-7-20(19)26)18(15-35-25)14-21(31)27-8-9-29-10-12-33-13-11-29/h4-7,15-16,23H,8-14H2,1-3H3,(H,27,31). The monoisotopic (exact) mass is 518 g/mol. The van der Waals surface area contributed by atoms with E-state index in [1.165, 1.54) is 11.8 Å². The largest absolute Gasteiger partial charge is 0.459 e. The third-order valence-electron chi connectivity index (χ3n) is 5.96. The smallest absolute Gasteiger partial charge is 0.338 e. The molecule has 0 bridgehead atoms. The lowest BCUT2D eigenvalue weighted by atomic mass is 9.93. The first-order valence-corrected chi connectivity index (χ1v) is 13.1. The Morgan fingerprint density at radius 3 is 2.74 bits per heavy atom. The number of ether oxygens (including phenoxy) is 2. The molecule has 1 unspecified atom stereocenters. The molecule has 8 nitrogen and oxygen atoms in total. The summed E-state index contributed by atoms with van der Waals surface area (Å²) in [5.41, 5.74) is 2.54. The Hall–Kier alpha value is -2.33. The van der Waals surface area contributed by atoms with Crippen LogP contribution < -0.4 is 5.32 Å².